The molecule has 1 aliphatic rings. The molecule has 0 unspecified atom stereocenters. The molecule has 3 aromatic rings. The maximum absolute atomic E-state index is 13.9. The van der Waals surface area contributed by atoms with Crippen molar-refractivity contribution < 1.29 is 18.7 Å². The second-order valence-corrected chi connectivity index (χ2v) is 11.7. The number of nitrogens with zero attached hydrogens (tertiary/aromatic N) is 1. The molecule has 4 rings (SSSR count). The Balaban J connectivity index is 1.63. The number of para-hydroxylation sites is 1. The van der Waals surface area contributed by atoms with Gasteiger partial charge in [0.2, 0.25) is 5.91 Å². The first-order chi connectivity index (χ1) is 19.2. The lowest BCUT2D eigenvalue weighted by molar-refractivity contribution is -0.143. The third-order valence-electron chi connectivity index (χ3n) is 7.54. The Hall–Kier alpha value is -3.67. The minimum atomic E-state index is -0.747. The molecule has 6 heteroatoms. The van der Waals surface area contributed by atoms with Crippen molar-refractivity contribution in [2.24, 2.45) is 0 Å². The number of hydrogen-bond donors (Lipinski definition) is 1. The molecule has 2 amide bonds. The van der Waals surface area contributed by atoms with Crippen LogP contribution in [0.4, 0.5) is 4.39 Å². The highest BCUT2D eigenvalue weighted by Gasteiger charge is 2.32. The average Bonchev–Trinajstić information content (AvgIpc) is 2.95. The molecule has 0 radical (unpaired) electrons. The summed E-state index contributed by atoms with van der Waals surface area (Å²) < 4.78 is 19.8. The Bertz CT molecular complexity index is 1250. The maximum atomic E-state index is 13.9. The molecule has 1 fully saturated rings. The van der Waals surface area contributed by atoms with Gasteiger partial charge in [0, 0.05) is 19.0 Å². The van der Waals surface area contributed by atoms with Crippen LogP contribution in [-0.4, -0.2) is 35.4 Å². The number of halogens is 1. The van der Waals surface area contributed by atoms with Gasteiger partial charge in [0.1, 0.15) is 17.6 Å². The molecular weight excluding hydrogens is 503 g/mol. The topological polar surface area (TPSA) is 58.6 Å². The lowest BCUT2D eigenvalue weighted by Gasteiger charge is -2.33. The van der Waals surface area contributed by atoms with E-state index in [9.17, 15) is 14.0 Å². The Morgan fingerprint density at radius 2 is 1.55 bits per heavy atom. The summed E-state index contributed by atoms with van der Waals surface area (Å²) in [7, 11) is 0. The van der Waals surface area contributed by atoms with E-state index in [1.54, 1.807) is 17.0 Å². The van der Waals surface area contributed by atoms with Crippen molar-refractivity contribution in [3.63, 3.8) is 0 Å². The van der Waals surface area contributed by atoms with E-state index in [4.69, 9.17) is 4.74 Å². The van der Waals surface area contributed by atoms with Crippen LogP contribution in [0.1, 0.15) is 69.6 Å². The maximum Gasteiger partial charge on any atom is 0.261 e. The van der Waals surface area contributed by atoms with Crippen molar-refractivity contribution in [3.8, 4) is 5.75 Å². The van der Waals surface area contributed by atoms with E-state index >= 15 is 0 Å². The standard InChI is InChI=1S/C34H41FN2O3/c1-34(2,3)29-16-10-11-17-31(29)40-24-32(38)37(23-26-18-20-27(35)21-19-26)30(22-25-12-6-4-7-13-25)33(39)36-28-14-8-5-9-15-28/h4,6-7,10-13,16-21,28,30H,5,8-9,14-15,22-24H2,1-3H3,(H,36,39)/t30-/m0/s1. The minimum Gasteiger partial charge on any atom is -0.483 e. The third-order valence-corrected chi connectivity index (χ3v) is 7.54. The van der Waals surface area contributed by atoms with Crippen LogP contribution in [0.5, 0.6) is 5.75 Å². The zero-order chi connectivity index (χ0) is 28.5. The molecule has 1 aliphatic carbocycles. The van der Waals surface area contributed by atoms with Gasteiger partial charge in [-0.15, -0.1) is 0 Å². The van der Waals surface area contributed by atoms with Crippen LogP contribution in [0.25, 0.3) is 0 Å². The van der Waals surface area contributed by atoms with Crippen molar-refractivity contribution >= 4 is 11.8 Å². The number of nitrogens with one attached hydrogen (secondary N) is 1. The van der Waals surface area contributed by atoms with Gasteiger partial charge in [-0.1, -0.05) is 101 Å². The molecule has 0 aromatic heterocycles. The summed E-state index contributed by atoms with van der Waals surface area (Å²) in [5, 5.41) is 3.24. The quantitative estimate of drug-likeness (QED) is 0.313. The number of benzene rings is 3. The molecule has 40 heavy (non-hydrogen) atoms. The Morgan fingerprint density at radius 1 is 0.900 bits per heavy atom. The molecule has 0 bridgehead atoms. The van der Waals surface area contributed by atoms with Crippen molar-refractivity contribution in [1.82, 2.24) is 10.2 Å². The van der Waals surface area contributed by atoms with Gasteiger partial charge in [-0.05, 0) is 53.1 Å². The van der Waals surface area contributed by atoms with Crippen LogP contribution in [0.2, 0.25) is 0 Å². The van der Waals surface area contributed by atoms with Crippen LogP contribution in [0.15, 0.2) is 78.9 Å². The van der Waals surface area contributed by atoms with E-state index in [0.29, 0.717) is 12.2 Å². The highest BCUT2D eigenvalue weighted by Crippen LogP contribution is 2.31. The van der Waals surface area contributed by atoms with Gasteiger partial charge >= 0.3 is 0 Å². The number of ether oxygens (including phenoxy) is 1. The fourth-order valence-corrected chi connectivity index (χ4v) is 5.32. The SMILES string of the molecule is CC(C)(C)c1ccccc1OCC(=O)N(Cc1ccc(F)cc1)[C@@H](Cc1ccccc1)C(=O)NC1CCCCC1. The van der Waals surface area contributed by atoms with Gasteiger partial charge in [-0.25, -0.2) is 4.39 Å². The van der Waals surface area contributed by atoms with E-state index in [2.05, 4.69) is 26.1 Å². The van der Waals surface area contributed by atoms with Gasteiger partial charge in [0.05, 0.1) is 0 Å². The second kappa shape index (κ2) is 13.6. The molecule has 5 nitrogen and oxygen atoms in total. The fourth-order valence-electron chi connectivity index (χ4n) is 5.32. The van der Waals surface area contributed by atoms with E-state index in [0.717, 1.165) is 42.4 Å². The molecule has 0 spiro atoms. The van der Waals surface area contributed by atoms with E-state index in [1.165, 1.54) is 18.6 Å². The zero-order valence-corrected chi connectivity index (χ0v) is 23.9. The third kappa shape index (κ3) is 8.17. The molecule has 1 atom stereocenters. The highest BCUT2D eigenvalue weighted by molar-refractivity contribution is 5.88. The van der Waals surface area contributed by atoms with Crippen molar-refractivity contribution in [2.45, 2.75) is 83.3 Å². The van der Waals surface area contributed by atoms with Crippen LogP contribution < -0.4 is 10.1 Å². The molecule has 1 saturated carbocycles. The predicted octanol–water partition coefficient (Wildman–Crippen LogP) is 6.59. The van der Waals surface area contributed by atoms with Crippen LogP contribution in [0.3, 0.4) is 0 Å². The van der Waals surface area contributed by atoms with Crippen molar-refractivity contribution in [2.75, 3.05) is 6.61 Å². The molecule has 0 aliphatic heterocycles. The van der Waals surface area contributed by atoms with E-state index in [-0.39, 0.29) is 42.2 Å². The molecule has 212 valence electrons. The smallest absolute Gasteiger partial charge is 0.261 e. The Labute approximate surface area is 237 Å². The summed E-state index contributed by atoms with van der Waals surface area (Å²) >= 11 is 0. The highest BCUT2D eigenvalue weighted by atomic mass is 19.1. The first kappa shape index (κ1) is 29.3. The molecule has 3 aromatic carbocycles. The molecule has 1 N–H and O–H groups in total. The van der Waals surface area contributed by atoms with Crippen molar-refractivity contribution in [3.05, 3.63) is 101 Å². The largest absolute Gasteiger partial charge is 0.483 e. The lowest BCUT2D eigenvalue weighted by atomic mass is 9.86. The van der Waals surface area contributed by atoms with Crippen LogP contribution >= 0.6 is 0 Å². The van der Waals surface area contributed by atoms with Crippen LogP contribution in [0, 0.1) is 5.82 Å². The normalized spacial score (nSPS) is 14.8. The monoisotopic (exact) mass is 544 g/mol. The summed E-state index contributed by atoms with van der Waals surface area (Å²) in [6, 6.07) is 22.9. The predicted molar refractivity (Wildman–Crippen MR) is 157 cm³/mol. The fraction of sp³-hybridized carbons (Fsp3) is 0.412. The number of hydrogen-bond acceptors (Lipinski definition) is 3. The minimum absolute atomic E-state index is 0.109. The summed E-state index contributed by atoms with van der Waals surface area (Å²) in [4.78, 5) is 29.4. The van der Waals surface area contributed by atoms with Gasteiger partial charge in [-0.2, -0.15) is 0 Å². The lowest BCUT2D eigenvalue weighted by Crippen LogP contribution is -2.53. The summed E-state index contributed by atoms with van der Waals surface area (Å²) in [6.07, 6.45) is 5.62. The molecule has 0 saturated heterocycles. The molecule has 0 heterocycles. The van der Waals surface area contributed by atoms with Crippen LogP contribution in [-0.2, 0) is 28.0 Å². The first-order valence-electron chi connectivity index (χ1n) is 14.3. The van der Waals surface area contributed by atoms with E-state index < -0.39 is 6.04 Å². The second-order valence-electron chi connectivity index (χ2n) is 11.7. The summed E-state index contributed by atoms with van der Waals surface area (Å²) in [6.45, 7) is 6.26. The van der Waals surface area contributed by atoms with E-state index in [1.807, 2.05) is 54.6 Å². The summed E-state index contributed by atoms with van der Waals surface area (Å²) in [5.41, 5.74) is 2.54. The van der Waals surface area contributed by atoms with Crippen molar-refractivity contribution in [1.29, 1.82) is 0 Å². The number of carbonyl (C=O) groups is 2. The van der Waals surface area contributed by atoms with Gasteiger partial charge in [0.25, 0.3) is 5.91 Å². The summed E-state index contributed by atoms with van der Waals surface area (Å²) in [5.74, 6) is -0.162. The average molecular weight is 545 g/mol. The first-order valence-corrected chi connectivity index (χ1v) is 14.3. The number of carbonyl (C=O) groups excluding carboxylic acids is 2. The van der Waals surface area contributed by atoms with Gasteiger partial charge in [0.15, 0.2) is 6.61 Å². The number of amides is 2. The molecular formula is C34H41FN2O3. The zero-order valence-electron chi connectivity index (χ0n) is 23.9. The van der Waals surface area contributed by atoms with Gasteiger partial charge in [-0.3, -0.25) is 9.59 Å². The Kier molecular flexibility index (Phi) is 9.97. The van der Waals surface area contributed by atoms with Gasteiger partial charge < -0.3 is 15.0 Å². The Morgan fingerprint density at radius 3 is 2.23 bits per heavy atom. The number of rotatable bonds is 10.